The minimum absolute atomic E-state index is 0.242. The number of nitrogens with one attached hydrogen (secondary N) is 1. The van der Waals surface area contributed by atoms with E-state index < -0.39 is 10.0 Å². The second-order valence-corrected chi connectivity index (χ2v) is 8.18. The van der Waals surface area contributed by atoms with Crippen LogP contribution >= 0.6 is 15.9 Å². The zero-order chi connectivity index (χ0) is 19.5. The van der Waals surface area contributed by atoms with Gasteiger partial charge < -0.3 is 9.47 Å². The second-order valence-electron chi connectivity index (χ2n) is 5.79. The van der Waals surface area contributed by atoms with Crippen molar-refractivity contribution in [1.29, 1.82) is 0 Å². The average molecular weight is 441 g/mol. The van der Waals surface area contributed by atoms with E-state index in [0.717, 1.165) is 5.56 Å². The number of rotatable bonds is 6. The largest absolute Gasteiger partial charge is 0.493 e. The zero-order valence-corrected chi connectivity index (χ0v) is 17.7. The Kier molecular flexibility index (Phi) is 6.30. The number of methoxy groups -OCH3 is 2. The molecule has 1 N–H and O–H groups in total. The summed E-state index contributed by atoms with van der Waals surface area (Å²) in [6.07, 6.45) is 1.41. The van der Waals surface area contributed by atoms with E-state index in [1.54, 1.807) is 33.1 Å². The monoisotopic (exact) mass is 440 g/mol. The van der Waals surface area contributed by atoms with Gasteiger partial charge in [0.05, 0.1) is 29.8 Å². The van der Waals surface area contributed by atoms with Crippen molar-refractivity contribution >= 4 is 32.2 Å². The minimum atomic E-state index is -3.77. The number of aryl methyl sites for hydroxylation is 3. The molecule has 0 atom stereocenters. The highest BCUT2D eigenvalue weighted by atomic mass is 79.9. The summed E-state index contributed by atoms with van der Waals surface area (Å²) in [5, 5.41) is 3.90. The maximum absolute atomic E-state index is 12.6. The van der Waals surface area contributed by atoms with Gasteiger partial charge in [-0.25, -0.2) is 4.83 Å². The topological polar surface area (TPSA) is 77.0 Å². The Labute approximate surface area is 162 Å². The van der Waals surface area contributed by atoms with Crippen LogP contribution in [0.5, 0.6) is 11.5 Å². The summed E-state index contributed by atoms with van der Waals surface area (Å²) in [5.41, 5.74) is 3.01. The average Bonchev–Trinajstić information content (AvgIpc) is 2.54. The molecule has 0 aliphatic rings. The van der Waals surface area contributed by atoms with Crippen molar-refractivity contribution in [2.45, 2.75) is 25.7 Å². The predicted molar refractivity (Wildman–Crippen MR) is 106 cm³/mol. The minimum Gasteiger partial charge on any atom is -0.493 e. The Morgan fingerprint density at radius 2 is 1.69 bits per heavy atom. The molecule has 0 bridgehead atoms. The van der Waals surface area contributed by atoms with Crippen molar-refractivity contribution in [3.05, 3.63) is 51.0 Å². The molecule has 0 amide bonds. The quantitative estimate of drug-likeness (QED) is 0.548. The number of hydrazone groups is 1. The maximum Gasteiger partial charge on any atom is 0.277 e. The summed E-state index contributed by atoms with van der Waals surface area (Å²) >= 11 is 3.42. The molecule has 2 aromatic carbocycles. The van der Waals surface area contributed by atoms with Crippen LogP contribution in [0.2, 0.25) is 0 Å². The van der Waals surface area contributed by atoms with Crippen LogP contribution in [0, 0.1) is 20.8 Å². The molecule has 2 aromatic rings. The summed E-state index contributed by atoms with van der Waals surface area (Å²) < 4.78 is 36.3. The van der Waals surface area contributed by atoms with Crippen molar-refractivity contribution < 1.29 is 17.9 Å². The highest BCUT2D eigenvalue weighted by molar-refractivity contribution is 9.10. The highest BCUT2D eigenvalue weighted by Crippen LogP contribution is 2.36. The molecule has 6 nitrogen and oxygen atoms in total. The van der Waals surface area contributed by atoms with Crippen molar-refractivity contribution in [1.82, 2.24) is 4.83 Å². The van der Waals surface area contributed by atoms with Crippen molar-refractivity contribution in [2.24, 2.45) is 5.10 Å². The smallest absolute Gasteiger partial charge is 0.277 e. The van der Waals surface area contributed by atoms with Gasteiger partial charge in [-0.3, -0.25) is 0 Å². The fourth-order valence-electron chi connectivity index (χ4n) is 2.81. The maximum atomic E-state index is 12.6. The van der Waals surface area contributed by atoms with Gasteiger partial charge in [0.1, 0.15) is 0 Å². The summed E-state index contributed by atoms with van der Waals surface area (Å²) in [6, 6.07) is 7.12. The van der Waals surface area contributed by atoms with Gasteiger partial charge in [-0.1, -0.05) is 17.7 Å². The predicted octanol–water partition coefficient (Wildman–Crippen LogP) is 3.70. The third-order valence-electron chi connectivity index (χ3n) is 3.76. The van der Waals surface area contributed by atoms with Crippen LogP contribution < -0.4 is 14.3 Å². The fraction of sp³-hybridized carbons (Fsp3) is 0.278. The number of hydrogen-bond acceptors (Lipinski definition) is 5. The van der Waals surface area contributed by atoms with E-state index in [1.165, 1.54) is 13.3 Å². The van der Waals surface area contributed by atoms with Gasteiger partial charge in [-0.15, -0.1) is 0 Å². The first-order valence-electron chi connectivity index (χ1n) is 7.74. The summed E-state index contributed by atoms with van der Waals surface area (Å²) in [5.74, 6) is 1.06. The van der Waals surface area contributed by atoms with Gasteiger partial charge in [0.2, 0.25) is 0 Å². The van der Waals surface area contributed by atoms with Crippen molar-refractivity contribution in [3.8, 4) is 11.5 Å². The number of hydrogen-bond donors (Lipinski definition) is 1. The van der Waals surface area contributed by atoms with Gasteiger partial charge in [0.25, 0.3) is 10.0 Å². The van der Waals surface area contributed by atoms with E-state index in [0.29, 0.717) is 32.7 Å². The molecule has 0 unspecified atom stereocenters. The standard InChI is InChI=1S/C18H21BrN2O4S/c1-11-8-12(2)18(13(3)9-11)26(22,23)21-20-10-14-6-7-15(24-4)17(25-5)16(14)19/h6-10,21H,1-5H3/b20-10+. The Bertz CT molecular complexity index is 933. The SMILES string of the molecule is COc1ccc(/C=N/NS(=O)(=O)c2c(C)cc(C)cc2C)c(Br)c1OC. The van der Waals surface area contributed by atoms with Gasteiger partial charge in [0, 0.05) is 5.56 Å². The zero-order valence-electron chi connectivity index (χ0n) is 15.3. The normalized spacial score (nSPS) is 11.6. The third kappa shape index (κ3) is 4.19. The Morgan fingerprint density at radius 1 is 1.08 bits per heavy atom. The van der Waals surface area contributed by atoms with Gasteiger partial charge >= 0.3 is 0 Å². The third-order valence-corrected chi connectivity index (χ3v) is 6.11. The molecule has 0 aromatic heterocycles. The van der Waals surface area contributed by atoms with Crippen LogP contribution in [0.1, 0.15) is 22.3 Å². The highest BCUT2D eigenvalue weighted by Gasteiger charge is 2.19. The lowest BCUT2D eigenvalue weighted by Crippen LogP contribution is -2.20. The van der Waals surface area contributed by atoms with Crippen LogP contribution in [0.25, 0.3) is 0 Å². The molecule has 0 saturated carbocycles. The van der Waals surface area contributed by atoms with E-state index in [4.69, 9.17) is 9.47 Å². The molecule has 2 rings (SSSR count). The van der Waals surface area contributed by atoms with Crippen LogP contribution in [-0.2, 0) is 10.0 Å². The lowest BCUT2D eigenvalue weighted by atomic mass is 10.1. The van der Waals surface area contributed by atoms with E-state index >= 15 is 0 Å². The second kappa shape index (κ2) is 8.09. The van der Waals surface area contributed by atoms with Crippen LogP contribution in [-0.4, -0.2) is 28.9 Å². The van der Waals surface area contributed by atoms with Crippen LogP contribution in [0.4, 0.5) is 0 Å². The van der Waals surface area contributed by atoms with E-state index in [1.807, 2.05) is 19.1 Å². The number of benzene rings is 2. The van der Waals surface area contributed by atoms with Gasteiger partial charge in [-0.05, 0) is 60.0 Å². The molecule has 0 aliphatic heterocycles. The summed E-state index contributed by atoms with van der Waals surface area (Å²) in [4.78, 5) is 2.51. The number of ether oxygens (including phenoxy) is 2. The van der Waals surface area contributed by atoms with E-state index in [9.17, 15) is 8.42 Å². The number of sulfonamides is 1. The van der Waals surface area contributed by atoms with Crippen LogP contribution in [0.15, 0.2) is 38.7 Å². The molecule has 26 heavy (non-hydrogen) atoms. The molecule has 0 radical (unpaired) electrons. The molecule has 0 spiro atoms. The Balaban J connectivity index is 2.31. The molecular formula is C18H21BrN2O4S. The molecule has 0 aliphatic carbocycles. The Morgan fingerprint density at radius 3 is 2.23 bits per heavy atom. The molecular weight excluding hydrogens is 420 g/mol. The fourth-order valence-corrected chi connectivity index (χ4v) is 4.65. The molecule has 0 heterocycles. The number of halogens is 1. The van der Waals surface area contributed by atoms with Crippen molar-refractivity contribution in [3.63, 3.8) is 0 Å². The lowest BCUT2D eigenvalue weighted by molar-refractivity contribution is 0.353. The molecule has 0 saturated heterocycles. The first-order chi connectivity index (χ1) is 12.2. The summed E-state index contributed by atoms with van der Waals surface area (Å²) in [6.45, 7) is 5.46. The molecule has 140 valence electrons. The van der Waals surface area contributed by atoms with E-state index in [2.05, 4.69) is 25.9 Å². The number of nitrogens with zero attached hydrogens (tertiary/aromatic N) is 1. The molecule has 8 heteroatoms. The van der Waals surface area contributed by atoms with Gasteiger partial charge in [-0.2, -0.15) is 13.5 Å². The lowest BCUT2D eigenvalue weighted by Gasteiger charge is -2.12. The summed E-state index contributed by atoms with van der Waals surface area (Å²) in [7, 11) is -0.706. The van der Waals surface area contributed by atoms with Gasteiger partial charge in [0.15, 0.2) is 11.5 Å². The Hall–Kier alpha value is -2.06. The van der Waals surface area contributed by atoms with Crippen LogP contribution in [0.3, 0.4) is 0 Å². The van der Waals surface area contributed by atoms with E-state index in [-0.39, 0.29) is 4.90 Å². The first kappa shape index (κ1) is 20.3. The molecule has 0 fully saturated rings. The first-order valence-corrected chi connectivity index (χ1v) is 10.0. The van der Waals surface area contributed by atoms with Crippen molar-refractivity contribution in [2.75, 3.05) is 14.2 Å².